The van der Waals surface area contributed by atoms with Gasteiger partial charge in [0, 0.05) is 17.8 Å². The lowest BCUT2D eigenvalue weighted by molar-refractivity contribution is 0.0519. The molecule has 3 rings (SSSR count). The third-order valence-electron chi connectivity index (χ3n) is 3.54. The Morgan fingerprint density at radius 2 is 2.22 bits per heavy atom. The largest absolute Gasteiger partial charge is 0.461 e. The monoisotopic (exact) mass is 306 g/mol. The summed E-state index contributed by atoms with van der Waals surface area (Å²) >= 11 is 0. The third kappa shape index (κ3) is 2.64. The van der Waals surface area contributed by atoms with Crippen LogP contribution in [-0.2, 0) is 4.74 Å². The molecule has 0 aliphatic rings. The Kier molecular flexibility index (Phi) is 3.77. The number of hydrogen-bond acceptors (Lipinski definition) is 5. The highest BCUT2D eigenvalue weighted by Gasteiger charge is 2.13. The number of benzene rings is 1. The molecule has 0 amide bonds. The summed E-state index contributed by atoms with van der Waals surface area (Å²) in [5.41, 5.74) is 3.84. The Balaban J connectivity index is 2.08. The van der Waals surface area contributed by atoms with Crippen LogP contribution in [0.4, 0.5) is 0 Å². The van der Waals surface area contributed by atoms with Crippen LogP contribution in [0, 0.1) is 18.3 Å². The highest BCUT2D eigenvalue weighted by molar-refractivity contribution is 5.87. The molecule has 2 heterocycles. The van der Waals surface area contributed by atoms with Gasteiger partial charge in [0.05, 0.1) is 23.9 Å². The van der Waals surface area contributed by atoms with E-state index in [1.165, 1.54) is 0 Å². The zero-order valence-electron chi connectivity index (χ0n) is 12.8. The SMILES string of the molecule is CCOC(=O)c1ccn2nc(-c3cccc(C#N)c3C)cc2n1. The Morgan fingerprint density at radius 1 is 1.39 bits per heavy atom. The van der Waals surface area contributed by atoms with Crippen LogP contribution in [0.25, 0.3) is 16.9 Å². The van der Waals surface area contributed by atoms with Gasteiger partial charge in [-0.1, -0.05) is 12.1 Å². The van der Waals surface area contributed by atoms with E-state index >= 15 is 0 Å². The van der Waals surface area contributed by atoms with Crippen molar-refractivity contribution in [2.75, 3.05) is 6.61 Å². The normalized spacial score (nSPS) is 10.5. The first-order valence-corrected chi connectivity index (χ1v) is 7.17. The molecule has 2 aromatic heterocycles. The number of ether oxygens (including phenoxy) is 1. The van der Waals surface area contributed by atoms with Gasteiger partial charge < -0.3 is 4.74 Å². The smallest absolute Gasteiger partial charge is 0.357 e. The average Bonchev–Trinajstić information content (AvgIpc) is 2.98. The zero-order valence-corrected chi connectivity index (χ0v) is 12.8. The van der Waals surface area contributed by atoms with Gasteiger partial charge in [-0.25, -0.2) is 14.3 Å². The second-order valence-electron chi connectivity index (χ2n) is 4.96. The highest BCUT2D eigenvalue weighted by atomic mass is 16.5. The number of carbonyl (C=O) groups excluding carboxylic acids is 1. The third-order valence-corrected chi connectivity index (χ3v) is 3.54. The first-order valence-electron chi connectivity index (χ1n) is 7.17. The quantitative estimate of drug-likeness (QED) is 0.695. The van der Waals surface area contributed by atoms with Gasteiger partial charge in [-0.05, 0) is 31.5 Å². The number of esters is 1. The molecule has 0 saturated carbocycles. The van der Waals surface area contributed by atoms with Gasteiger partial charge in [-0.3, -0.25) is 0 Å². The maximum Gasteiger partial charge on any atom is 0.357 e. The lowest BCUT2D eigenvalue weighted by Gasteiger charge is -2.03. The van der Waals surface area contributed by atoms with Gasteiger partial charge in [0.25, 0.3) is 0 Å². The van der Waals surface area contributed by atoms with Gasteiger partial charge in [-0.2, -0.15) is 10.4 Å². The van der Waals surface area contributed by atoms with Gasteiger partial charge >= 0.3 is 5.97 Å². The number of rotatable bonds is 3. The number of fused-ring (bicyclic) bond motifs is 1. The van der Waals surface area contributed by atoms with E-state index in [9.17, 15) is 4.79 Å². The predicted molar refractivity (Wildman–Crippen MR) is 83.8 cm³/mol. The molecular weight excluding hydrogens is 292 g/mol. The Hall–Kier alpha value is -3.20. The van der Waals surface area contributed by atoms with Crippen LogP contribution in [-0.4, -0.2) is 27.2 Å². The number of hydrogen-bond donors (Lipinski definition) is 0. The van der Waals surface area contributed by atoms with Crippen molar-refractivity contribution in [3.8, 4) is 17.3 Å². The standard InChI is InChI=1S/C17H14N4O2/c1-3-23-17(22)14-7-8-21-16(19-14)9-15(20-21)13-6-4-5-12(10-18)11(13)2/h4-9H,3H2,1-2H3. The molecule has 0 saturated heterocycles. The Bertz CT molecular complexity index is 937. The number of aromatic nitrogens is 3. The number of nitriles is 1. The molecule has 6 nitrogen and oxygen atoms in total. The molecule has 1 aromatic carbocycles. The maximum atomic E-state index is 11.8. The molecule has 0 unspecified atom stereocenters. The van der Waals surface area contributed by atoms with E-state index in [-0.39, 0.29) is 5.69 Å². The fourth-order valence-corrected chi connectivity index (χ4v) is 2.36. The summed E-state index contributed by atoms with van der Waals surface area (Å²) in [5.74, 6) is -0.458. The van der Waals surface area contributed by atoms with Crippen molar-refractivity contribution in [2.45, 2.75) is 13.8 Å². The molecule has 0 aliphatic carbocycles. The molecular formula is C17H14N4O2. The van der Waals surface area contributed by atoms with Gasteiger partial charge in [-0.15, -0.1) is 0 Å². The first-order chi connectivity index (χ1) is 11.1. The Labute approximate surface area is 133 Å². The minimum Gasteiger partial charge on any atom is -0.461 e. The summed E-state index contributed by atoms with van der Waals surface area (Å²) < 4.78 is 6.54. The molecule has 6 heteroatoms. The van der Waals surface area contributed by atoms with Crippen molar-refractivity contribution >= 4 is 11.6 Å². The van der Waals surface area contributed by atoms with Gasteiger partial charge in [0.15, 0.2) is 11.3 Å². The minimum absolute atomic E-state index is 0.244. The van der Waals surface area contributed by atoms with E-state index < -0.39 is 5.97 Å². The van der Waals surface area contributed by atoms with Crippen molar-refractivity contribution in [3.05, 3.63) is 53.3 Å². The zero-order chi connectivity index (χ0) is 16.4. The van der Waals surface area contributed by atoms with Crippen LogP contribution in [0.2, 0.25) is 0 Å². The average molecular weight is 306 g/mol. The van der Waals surface area contributed by atoms with Crippen LogP contribution in [0.1, 0.15) is 28.5 Å². The minimum atomic E-state index is -0.458. The van der Waals surface area contributed by atoms with Crippen LogP contribution < -0.4 is 0 Å². The van der Waals surface area contributed by atoms with Crippen molar-refractivity contribution in [1.82, 2.24) is 14.6 Å². The summed E-state index contributed by atoms with van der Waals surface area (Å²) in [4.78, 5) is 16.0. The summed E-state index contributed by atoms with van der Waals surface area (Å²) in [7, 11) is 0. The molecule has 0 fully saturated rings. The second-order valence-corrected chi connectivity index (χ2v) is 4.96. The van der Waals surface area contributed by atoms with Gasteiger partial charge in [0.1, 0.15) is 0 Å². The highest BCUT2D eigenvalue weighted by Crippen LogP contribution is 2.25. The van der Waals surface area contributed by atoms with E-state index in [4.69, 9.17) is 10.00 Å². The molecule has 0 atom stereocenters. The van der Waals surface area contributed by atoms with Gasteiger partial charge in [0.2, 0.25) is 0 Å². The van der Waals surface area contributed by atoms with Crippen molar-refractivity contribution in [2.24, 2.45) is 0 Å². The van der Waals surface area contributed by atoms with Crippen molar-refractivity contribution in [1.29, 1.82) is 5.26 Å². The predicted octanol–water partition coefficient (Wildman–Crippen LogP) is 2.75. The number of carbonyl (C=O) groups is 1. The molecule has 0 radical (unpaired) electrons. The van der Waals surface area contributed by atoms with Crippen LogP contribution in [0.15, 0.2) is 36.5 Å². The molecule has 0 spiro atoms. The van der Waals surface area contributed by atoms with Crippen LogP contribution >= 0.6 is 0 Å². The summed E-state index contributed by atoms with van der Waals surface area (Å²) in [5, 5.41) is 13.6. The molecule has 23 heavy (non-hydrogen) atoms. The lowest BCUT2D eigenvalue weighted by atomic mass is 10.0. The molecule has 0 N–H and O–H groups in total. The fourth-order valence-electron chi connectivity index (χ4n) is 2.36. The molecule has 3 aromatic rings. The summed E-state index contributed by atoms with van der Waals surface area (Å²) in [6.07, 6.45) is 1.67. The molecule has 0 aliphatic heterocycles. The fraction of sp³-hybridized carbons (Fsp3) is 0.176. The second kappa shape index (κ2) is 5.89. The van der Waals surface area contributed by atoms with E-state index in [2.05, 4.69) is 16.2 Å². The number of nitrogens with zero attached hydrogens (tertiary/aromatic N) is 4. The summed E-state index contributed by atoms with van der Waals surface area (Å²) in [6.45, 7) is 3.93. The molecule has 0 bridgehead atoms. The van der Waals surface area contributed by atoms with Crippen molar-refractivity contribution < 1.29 is 9.53 Å². The van der Waals surface area contributed by atoms with Crippen molar-refractivity contribution in [3.63, 3.8) is 0 Å². The molecule has 114 valence electrons. The topological polar surface area (TPSA) is 80.3 Å². The Morgan fingerprint density at radius 3 is 2.96 bits per heavy atom. The van der Waals surface area contributed by atoms with E-state index in [0.29, 0.717) is 23.5 Å². The lowest BCUT2D eigenvalue weighted by Crippen LogP contribution is -2.07. The van der Waals surface area contributed by atoms with E-state index in [1.54, 1.807) is 35.8 Å². The first kappa shape index (κ1) is 14.7. The van der Waals surface area contributed by atoms with Crippen LogP contribution in [0.3, 0.4) is 0 Å². The van der Waals surface area contributed by atoms with E-state index in [0.717, 1.165) is 11.1 Å². The van der Waals surface area contributed by atoms with E-state index in [1.807, 2.05) is 19.1 Å². The summed E-state index contributed by atoms with van der Waals surface area (Å²) in [6, 6.07) is 11.0. The van der Waals surface area contributed by atoms with Crippen LogP contribution in [0.5, 0.6) is 0 Å². The maximum absolute atomic E-state index is 11.8.